The minimum atomic E-state index is -0.545. The minimum absolute atomic E-state index is 0.0489. The van der Waals surface area contributed by atoms with Crippen LogP contribution in [0.4, 0.5) is 0 Å². The molecule has 0 spiro atoms. The van der Waals surface area contributed by atoms with Gasteiger partial charge < -0.3 is 14.5 Å². The molecule has 0 saturated carbocycles. The van der Waals surface area contributed by atoms with E-state index in [0.717, 1.165) is 40.8 Å². The lowest BCUT2D eigenvalue weighted by Gasteiger charge is -2.24. The summed E-state index contributed by atoms with van der Waals surface area (Å²) in [4.78, 5) is 25.0. The van der Waals surface area contributed by atoms with E-state index in [-0.39, 0.29) is 5.56 Å². The lowest BCUT2D eigenvalue weighted by molar-refractivity contribution is 0.0988. The first-order valence-electron chi connectivity index (χ1n) is 11.2. The predicted octanol–water partition coefficient (Wildman–Crippen LogP) is 4.06. The number of aromatic nitrogens is 2. The average Bonchev–Trinajstić information content (AvgIpc) is 3.41. The van der Waals surface area contributed by atoms with Crippen LogP contribution in [0.25, 0.3) is 10.2 Å². The summed E-state index contributed by atoms with van der Waals surface area (Å²) in [5.74, 6) is 1.44. The van der Waals surface area contributed by atoms with E-state index in [1.54, 1.807) is 17.6 Å². The van der Waals surface area contributed by atoms with Gasteiger partial charge in [0.05, 0.1) is 30.8 Å². The molecule has 4 aromatic rings. The summed E-state index contributed by atoms with van der Waals surface area (Å²) in [5, 5.41) is 11.5. The molecule has 0 saturated heterocycles. The zero-order valence-electron chi connectivity index (χ0n) is 17.9. The molecule has 3 heterocycles. The molecular formula is C25H27N3O3S. The molecule has 3 aromatic heterocycles. The van der Waals surface area contributed by atoms with Gasteiger partial charge in [0.15, 0.2) is 0 Å². The van der Waals surface area contributed by atoms with Crippen LogP contribution in [0.5, 0.6) is 0 Å². The molecule has 166 valence electrons. The van der Waals surface area contributed by atoms with E-state index in [9.17, 15) is 9.90 Å². The molecule has 6 nitrogen and oxygen atoms in total. The van der Waals surface area contributed by atoms with Crippen molar-refractivity contribution < 1.29 is 9.52 Å². The molecule has 0 radical (unpaired) electrons. The van der Waals surface area contributed by atoms with E-state index in [4.69, 9.17) is 9.40 Å². The SMILES string of the molecule is O=c1[nH]c(CN(Cc2ccco2)C[C@H](O)Cc2ccccc2)nc2sc3c(c12)CCCC3. The molecule has 2 N–H and O–H groups in total. The van der Waals surface area contributed by atoms with Gasteiger partial charge >= 0.3 is 0 Å². The number of aliphatic hydroxyl groups excluding tert-OH is 1. The summed E-state index contributed by atoms with van der Waals surface area (Å²) in [6, 6.07) is 13.7. The number of hydrogen-bond acceptors (Lipinski definition) is 6. The van der Waals surface area contributed by atoms with Gasteiger partial charge in [0, 0.05) is 11.4 Å². The summed E-state index contributed by atoms with van der Waals surface area (Å²) in [6.45, 7) is 1.40. The molecule has 7 heteroatoms. The van der Waals surface area contributed by atoms with Crippen LogP contribution in [0.2, 0.25) is 0 Å². The molecule has 5 rings (SSSR count). The van der Waals surface area contributed by atoms with Crippen LogP contribution in [0.15, 0.2) is 57.9 Å². The Morgan fingerprint density at radius 2 is 1.97 bits per heavy atom. The van der Waals surface area contributed by atoms with Crippen LogP contribution in [0.1, 0.15) is 40.4 Å². The van der Waals surface area contributed by atoms with Crippen molar-refractivity contribution >= 4 is 21.6 Å². The average molecular weight is 450 g/mol. The fraction of sp³-hybridized carbons (Fsp3) is 0.360. The molecule has 1 aliphatic rings. The standard InChI is InChI=1S/C25H27N3O3S/c29-18(13-17-7-2-1-3-8-17)14-28(15-19-9-6-12-31-19)16-22-26-24(30)23-20-10-4-5-11-21(20)32-25(23)27-22/h1-3,6-9,12,18,29H,4-5,10-11,13-16H2,(H,26,27,30)/t18-/m1/s1. The number of hydrogen-bond donors (Lipinski definition) is 2. The van der Waals surface area contributed by atoms with E-state index in [2.05, 4.69) is 9.88 Å². The Bertz CT molecular complexity index is 1230. The van der Waals surface area contributed by atoms with Crippen LogP contribution in [-0.4, -0.2) is 32.6 Å². The number of benzene rings is 1. The van der Waals surface area contributed by atoms with Crippen LogP contribution >= 0.6 is 11.3 Å². The third kappa shape index (κ3) is 4.70. The van der Waals surface area contributed by atoms with Crippen LogP contribution < -0.4 is 5.56 Å². The Kier molecular flexibility index (Phi) is 6.21. The van der Waals surface area contributed by atoms with Crippen molar-refractivity contribution in [1.82, 2.24) is 14.9 Å². The van der Waals surface area contributed by atoms with Gasteiger partial charge in [-0.25, -0.2) is 4.98 Å². The highest BCUT2D eigenvalue weighted by Gasteiger charge is 2.21. The topological polar surface area (TPSA) is 82.4 Å². The number of nitrogens with zero attached hydrogens (tertiary/aromatic N) is 2. The summed E-state index contributed by atoms with van der Waals surface area (Å²) < 4.78 is 5.54. The highest BCUT2D eigenvalue weighted by Crippen LogP contribution is 2.33. The number of aliphatic hydroxyl groups is 1. The number of aromatic amines is 1. The van der Waals surface area contributed by atoms with Gasteiger partial charge in [0.1, 0.15) is 16.4 Å². The number of rotatable bonds is 8. The van der Waals surface area contributed by atoms with Crippen molar-refractivity contribution in [2.45, 2.75) is 51.3 Å². The van der Waals surface area contributed by atoms with Gasteiger partial charge in [-0.15, -0.1) is 11.3 Å². The van der Waals surface area contributed by atoms with E-state index in [1.807, 2.05) is 42.5 Å². The van der Waals surface area contributed by atoms with E-state index in [0.29, 0.717) is 31.9 Å². The second-order valence-corrected chi connectivity index (χ2v) is 9.58. The van der Waals surface area contributed by atoms with Crippen molar-refractivity contribution in [3.63, 3.8) is 0 Å². The molecule has 0 bridgehead atoms. The number of fused-ring (bicyclic) bond motifs is 3. The maximum atomic E-state index is 12.9. The Balaban J connectivity index is 1.38. The minimum Gasteiger partial charge on any atom is -0.468 e. The molecular weight excluding hydrogens is 422 g/mol. The van der Waals surface area contributed by atoms with Gasteiger partial charge in [-0.2, -0.15) is 0 Å². The van der Waals surface area contributed by atoms with Crippen molar-refractivity contribution in [2.75, 3.05) is 6.54 Å². The monoisotopic (exact) mass is 449 g/mol. The Labute approximate surface area is 190 Å². The fourth-order valence-corrected chi connectivity index (χ4v) is 5.83. The first kappa shape index (κ1) is 21.1. The van der Waals surface area contributed by atoms with Gasteiger partial charge in [0.25, 0.3) is 5.56 Å². The van der Waals surface area contributed by atoms with Crippen LogP contribution in [0, 0.1) is 0 Å². The molecule has 0 amide bonds. The summed E-state index contributed by atoms with van der Waals surface area (Å²) in [6.07, 6.45) is 6.00. The molecule has 0 aliphatic heterocycles. The maximum absolute atomic E-state index is 12.9. The zero-order valence-corrected chi connectivity index (χ0v) is 18.7. The van der Waals surface area contributed by atoms with E-state index in [1.165, 1.54) is 16.9 Å². The third-order valence-electron chi connectivity index (χ3n) is 5.99. The fourth-order valence-electron chi connectivity index (χ4n) is 4.55. The molecule has 0 fully saturated rings. The second kappa shape index (κ2) is 9.40. The molecule has 1 aromatic carbocycles. The summed E-state index contributed by atoms with van der Waals surface area (Å²) in [5.41, 5.74) is 2.24. The Morgan fingerprint density at radius 3 is 2.78 bits per heavy atom. The van der Waals surface area contributed by atoms with Gasteiger partial charge in [-0.1, -0.05) is 30.3 Å². The quantitative estimate of drug-likeness (QED) is 0.424. The number of thiophene rings is 1. The van der Waals surface area contributed by atoms with Gasteiger partial charge in [0.2, 0.25) is 0 Å². The first-order chi connectivity index (χ1) is 15.7. The number of furan rings is 1. The van der Waals surface area contributed by atoms with Crippen molar-refractivity contribution in [2.24, 2.45) is 0 Å². The molecule has 1 atom stereocenters. The normalized spacial score (nSPS) is 14.7. The lowest BCUT2D eigenvalue weighted by atomic mass is 9.97. The number of nitrogens with one attached hydrogen (secondary N) is 1. The summed E-state index contributed by atoms with van der Waals surface area (Å²) in [7, 11) is 0. The molecule has 0 unspecified atom stereocenters. The smallest absolute Gasteiger partial charge is 0.259 e. The van der Waals surface area contributed by atoms with Crippen molar-refractivity contribution in [3.05, 3.63) is 86.7 Å². The molecule has 1 aliphatic carbocycles. The third-order valence-corrected chi connectivity index (χ3v) is 7.18. The number of H-pyrrole nitrogens is 1. The van der Waals surface area contributed by atoms with Crippen molar-refractivity contribution in [1.29, 1.82) is 0 Å². The number of aryl methyl sites for hydroxylation is 2. The first-order valence-corrected chi connectivity index (χ1v) is 12.0. The van der Waals surface area contributed by atoms with Crippen LogP contribution in [0.3, 0.4) is 0 Å². The van der Waals surface area contributed by atoms with E-state index >= 15 is 0 Å². The lowest BCUT2D eigenvalue weighted by Crippen LogP contribution is -2.34. The largest absolute Gasteiger partial charge is 0.468 e. The second-order valence-electron chi connectivity index (χ2n) is 8.50. The zero-order chi connectivity index (χ0) is 21.9. The summed E-state index contributed by atoms with van der Waals surface area (Å²) >= 11 is 1.66. The van der Waals surface area contributed by atoms with E-state index < -0.39 is 6.10 Å². The highest BCUT2D eigenvalue weighted by molar-refractivity contribution is 7.18. The van der Waals surface area contributed by atoms with Gasteiger partial charge in [-0.05, 0) is 55.4 Å². The highest BCUT2D eigenvalue weighted by atomic mass is 32.1. The Hall–Kier alpha value is -2.74. The van der Waals surface area contributed by atoms with Gasteiger partial charge in [-0.3, -0.25) is 9.69 Å². The molecule has 32 heavy (non-hydrogen) atoms. The Morgan fingerprint density at radius 1 is 1.12 bits per heavy atom. The van der Waals surface area contributed by atoms with Crippen LogP contribution in [-0.2, 0) is 32.4 Å². The van der Waals surface area contributed by atoms with Crippen molar-refractivity contribution in [3.8, 4) is 0 Å². The maximum Gasteiger partial charge on any atom is 0.259 e. The predicted molar refractivity (Wildman–Crippen MR) is 126 cm³/mol.